The summed E-state index contributed by atoms with van der Waals surface area (Å²) in [6.07, 6.45) is 5.56. The van der Waals surface area contributed by atoms with Crippen molar-refractivity contribution >= 4 is 15.9 Å². The topological polar surface area (TPSA) is 84.5 Å². The second-order valence-corrected chi connectivity index (χ2v) is 8.60. The van der Waals surface area contributed by atoms with Crippen molar-refractivity contribution in [2.45, 2.75) is 11.4 Å². The third-order valence-electron chi connectivity index (χ3n) is 4.61. The molecule has 2 aromatic rings. The Morgan fingerprint density at radius 3 is 2.45 bits per heavy atom. The van der Waals surface area contributed by atoms with E-state index in [4.69, 9.17) is 4.84 Å². The van der Waals surface area contributed by atoms with Crippen LogP contribution < -0.4 is 10.0 Å². The van der Waals surface area contributed by atoms with Crippen LogP contribution in [0, 0.1) is 0 Å². The minimum Gasteiger partial charge on any atom is -0.320 e. The molecule has 152 valence electrons. The molecule has 0 aromatic heterocycles. The summed E-state index contributed by atoms with van der Waals surface area (Å²) in [4.78, 5) is 18.1. The summed E-state index contributed by atoms with van der Waals surface area (Å²) < 4.78 is 27.4. The number of amides is 1. The molecule has 1 amide bonds. The summed E-state index contributed by atoms with van der Waals surface area (Å²) in [5, 5.41) is 2.89. The second-order valence-electron chi connectivity index (χ2n) is 6.84. The van der Waals surface area contributed by atoms with Gasteiger partial charge in [0.25, 0.3) is 5.91 Å². The Hall–Kier alpha value is -2.78. The molecule has 8 heteroatoms. The van der Waals surface area contributed by atoms with Crippen LogP contribution in [0.15, 0.2) is 83.5 Å². The van der Waals surface area contributed by atoms with E-state index in [1.807, 2.05) is 25.4 Å². The van der Waals surface area contributed by atoms with E-state index in [1.165, 1.54) is 12.1 Å². The first-order valence-electron chi connectivity index (χ1n) is 9.06. The summed E-state index contributed by atoms with van der Waals surface area (Å²) in [5.41, 5.74) is 1.99. The number of carbonyl (C=O) groups is 1. The van der Waals surface area contributed by atoms with E-state index in [1.54, 1.807) is 49.6 Å². The van der Waals surface area contributed by atoms with E-state index in [0.29, 0.717) is 12.1 Å². The van der Waals surface area contributed by atoms with Gasteiger partial charge in [0.15, 0.2) is 6.54 Å². The molecule has 0 saturated carbocycles. The lowest BCUT2D eigenvalue weighted by Gasteiger charge is -2.28. The van der Waals surface area contributed by atoms with Crippen molar-refractivity contribution in [2.24, 2.45) is 0 Å². The van der Waals surface area contributed by atoms with Gasteiger partial charge in [-0.25, -0.2) is 18.0 Å². The Kier molecular flexibility index (Phi) is 6.29. The number of carbonyl (C=O) groups excluding carboxylic acids is 1. The first kappa shape index (κ1) is 20.9. The number of nitrogens with one attached hydrogen (secondary N) is 2. The van der Waals surface area contributed by atoms with Crippen LogP contribution >= 0.6 is 0 Å². The van der Waals surface area contributed by atoms with Gasteiger partial charge in [0.05, 0.1) is 17.7 Å². The predicted molar refractivity (Wildman–Crippen MR) is 110 cm³/mol. The molecule has 0 aliphatic carbocycles. The van der Waals surface area contributed by atoms with E-state index < -0.39 is 10.0 Å². The number of rotatable bonds is 7. The van der Waals surface area contributed by atoms with Gasteiger partial charge >= 0.3 is 0 Å². The number of allylic oxidation sites excluding steroid dienone is 2. The van der Waals surface area contributed by atoms with Crippen molar-refractivity contribution in [1.82, 2.24) is 10.0 Å². The van der Waals surface area contributed by atoms with Crippen molar-refractivity contribution in [3.8, 4) is 0 Å². The second kappa shape index (κ2) is 8.71. The maximum atomic E-state index is 12.5. The zero-order valence-corrected chi connectivity index (χ0v) is 17.1. The van der Waals surface area contributed by atoms with E-state index in [2.05, 4.69) is 10.0 Å². The molecule has 1 unspecified atom stereocenters. The number of likely N-dealkylation sites (N-methyl/N-ethyl adjacent to an activating group) is 1. The van der Waals surface area contributed by atoms with Crippen molar-refractivity contribution in [3.63, 3.8) is 0 Å². The van der Waals surface area contributed by atoms with Gasteiger partial charge < -0.3 is 5.32 Å². The minimum absolute atomic E-state index is 0.138. The quantitative estimate of drug-likeness (QED) is 0.681. The Balaban J connectivity index is 1.59. The lowest BCUT2D eigenvalue weighted by Crippen LogP contribution is -2.43. The van der Waals surface area contributed by atoms with Gasteiger partial charge in [-0.05, 0) is 42.0 Å². The Bertz CT molecular complexity index is 1030. The van der Waals surface area contributed by atoms with Crippen molar-refractivity contribution in [2.75, 3.05) is 20.7 Å². The maximum absolute atomic E-state index is 12.5. The minimum atomic E-state index is -3.57. The van der Waals surface area contributed by atoms with Gasteiger partial charge in [-0.15, -0.1) is 0 Å². The number of quaternary nitrogens is 1. The molecular weight excluding hydrogens is 390 g/mol. The summed E-state index contributed by atoms with van der Waals surface area (Å²) in [7, 11) is -0.0737. The van der Waals surface area contributed by atoms with E-state index in [-0.39, 0.29) is 22.0 Å². The molecule has 7 nitrogen and oxygen atoms in total. The third-order valence-corrected chi connectivity index (χ3v) is 6.03. The Morgan fingerprint density at radius 1 is 1.10 bits per heavy atom. The van der Waals surface area contributed by atoms with Gasteiger partial charge in [0, 0.05) is 12.1 Å². The molecule has 2 aromatic carbocycles. The van der Waals surface area contributed by atoms with E-state index >= 15 is 0 Å². The van der Waals surface area contributed by atoms with Crippen LogP contribution in [0.5, 0.6) is 0 Å². The lowest BCUT2D eigenvalue weighted by atomic mass is 10.1. The summed E-state index contributed by atoms with van der Waals surface area (Å²) in [6, 6.07) is 15.0. The number of hydrogen-bond donors (Lipinski definition) is 2. The molecule has 0 spiro atoms. The fourth-order valence-electron chi connectivity index (χ4n) is 2.84. The standard InChI is InChI=1S/C21H23N3O4S/c1-24(28-2)14-6-7-19(16-24)23-21(25)18-12-10-17(11-13-18)15-22-29(26,27)20-8-4-3-5-9-20/h3-14,22H,15-16H2,1-2H3/p+1. The monoisotopic (exact) mass is 414 g/mol. The molecule has 1 aliphatic heterocycles. The average Bonchev–Trinajstić information content (AvgIpc) is 2.73. The number of hydrogen-bond acceptors (Lipinski definition) is 4. The van der Waals surface area contributed by atoms with Crippen LogP contribution in [-0.4, -0.2) is 39.7 Å². The molecular formula is C21H24N3O4S+. The van der Waals surface area contributed by atoms with Gasteiger partial charge in [-0.2, -0.15) is 4.65 Å². The third kappa shape index (κ3) is 5.39. The highest BCUT2D eigenvalue weighted by Gasteiger charge is 2.25. The first-order chi connectivity index (χ1) is 13.8. The smallest absolute Gasteiger partial charge is 0.255 e. The number of benzene rings is 2. The zero-order valence-electron chi connectivity index (χ0n) is 16.3. The molecule has 1 aliphatic rings. The van der Waals surface area contributed by atoms with Crippen LogP contribution in [0.2, 0.25) is 0 Å². The van der Waals surface area contributed by atoms with Gasteiger partial charge in [-0.1, -0.05) is 30.3 Å². The molecule has 29 heavy (non-hydrogen) atoms. The van der Waals surface area contributed by atoms with Crippen LogP contribution in [0.3, 0.4) is 0 Å². The fourth-order valence-corrected chi connectivity index (χ4v) is 3.88. The molecule has 0 bridgehead atoms. The highest BCUT2D eigenvalue weighted by atomic mass is 32.2. The highest BCUT2D eigenvalue weighted by molar-refractivity contribution is 7.89. The first-order valence-corrected chi connectivity index (χ1v) is 10.5. The van der Waals surface area contributed by atoms with Crippen LogP contribution in [0.25, 0.3) is 0 Å². The largest absolute Gasteiger partial charge is 0.320 e. The number of sulfonamides is 1. The van der Waals surface area contributed by atoms with Crippen LogP contribution in [-0.2, 0) is 21.4 Å². The van der Waals surface area contributed by atoms with Crippen molar-refractivity contribution < 1.29 is 22.7 Å². The van der Waals surface area contributed by atoms with Crippen molar-refractivity contribution in [1.29, 1.82) is 0 Å². The Labute approximate surface area is 170 Å². The molecule has 1 heterocycles. The molecule has 1 atom stereocenters. The SMILES string of the molecule is CO[N+]1(C)C=CC=C(NC(=O)c2ccc(CNS(=O)(=O)c3ccccc3)cc2)C1. The predicted octanol–water partition coefficient (Wildman–Crippen LogP) is 2.31. The normalized spacial score (nSPS) is 18.9. The fraction of sp³-hybridized carbons (Fsp3) is 0.190. The number of nitrogens with zero attached hydrogens (tertiary/aromatic N) is 1. The molecule has 2 N–H and O–H groups in total. The summed E-state index contributed by atoms with van der Waals surface area (Å²) in [5.74, 6) is -0.231. The van der Waals surface area contributed by atoms with Crippen LogP contribution in [0.1, 0.15) is 15.9 Å². The van der Waals surface area contributed by atoms with Gasteiger partial charge in [0.1, 0.15) is 13.2 Å². The molecule has 0 saturated heterocycles. The van der Waals surface area contributed by atoms with E-state index in [9.17, 15) is 13.2 Å². The van der Waals surface area contributed by atoms with Gasteiger partial charge in [-0.3, -0.25) is 4.79 Å². The number of hydroxylamine groups is 3. The molecule has 0 radical (unpaired) electrons. The van der Waals surface area contributed by atoms with Gasteiger partial charge in [0.2, 0.25) is 10.0 Å². The Morgan fingerprint density at radius 2 is 1.79 bits per heavy atom. The van der Waals surface area contributed by atoms with E-state index in [0.717, 1.165) is 11.3 Å². The highest BCUT2D eigenvalue weighted by Crippen LogP contribution is 2.14. The lowest BCUT2D eigenvalue weighted by molar-refractivity contribution is -1.04. The maximum Gasteiger partial charge on any atom is 0.255 e. The zero-order chi connectivity index (χ0) is 20.9. The summed E-state index contributed by atoms with van der Waals surface area (Å²) >= 11 is 0. The molecule has 0 fully saturated rings. The molecule has 3 rings (SSSR count). The van der Waals surface area contributed by atoms with Crippen molar-refractivity contribution in [3.05, 3.63) is 89.8 Å². The average molecular weight is 415 g/mol. The summed E-state index contributed by atoms with van der Waals surface area (Å²) in [6.45, 7) is 0.650. The van der Waals surface area contributed by atoms with Crippen LogP contribution in [0.4, 0.5) is 0 Å².